The minimum absolute atomic E-state index is 0.000466. The summed E-state index contributed by atoms with van der Waals surface area (Å²) in [6.07, 6.45) is 7.02. The Balaban J connectivity index is 2.12. The summed E-state index contributed by atoms with van der Waals surface area (Å²) < 4.78 is 0. The predicted molar refractivity (Wildman–Crippen MR) is 64.0 cm³/mol. The van der Waals surface area contributed by atoms with Gasteiger partial charge in [0.1, 0.15) is 0 Å². The number of rotatable bonds is 6. The van der Waals surface area contributed by atoms with Gasteiger partial charge < -0.3 is 10.4 Å². The van der Waals surface area contributed by atoms with E-state index in [9.17, 15) is 9.90 Å². The van der Waals surface area contributed by atoms with Crippen LogP contribution in [0.2, 0.25) is 0 Å². The Bertz CT molecular complexity index is 203. The lowest BCUT2D eigenvalue weighted by Gasteiger charge is -2.21. The maximum absolute atomic E-state index is 11.5. The van der Waals surface area contributed by atoms with E-state index >= 15 is 0 Å². The third kappa shape index (κ3) is 4.89. The third-order valence-electron chi connectivity index (χ3n) is 2.87. The summed E-state index contributed by atoms with van der Waals surface area (Å²) >= 11 is 1.78. The molecule has 3 nitrogen and oxygen atoms in total. The Morgan fingerprint density at radius 2 is 2.13 bits per heavy atom. The molecule has 15 heavy (non-hydrogen) atoms. The molecule has 0 unspecified atom stereocenters. The lowest BCUT2D eigenvalue weighted by Crippen LogP contribution is -2.35. The van der Waals surface area contributed by atoms with Gasteiger partial charge in [-0.3, -0.25) is 4.79 Å². The van der Waals surface area contributed by atoms with Crippen LogP contribution < -0.4 is 5.32 Å². The summed E-state index contributed by atoms with van der Waals surface area (Å²) in [6.45, 7) is 0.732. The number of thioether (sulfide) groups is 1. The van der Waals surface area contributed by atoms with E-state index in [0.29, 0.717) is 0 Å². The lowest BCUT2D eigenvalue weighted by atomic mass is 9.98. The molecule has 1 rings (SSSR count). The van der Waals surface area contributed by atoms with E-state index < -0.39 is 5.60 Å². The van der Waals surface area contributed by atoms with Gasteiger partial charge in [0.25, 0.3) is 0 Å². The van der Waals surface area contributed by atoms with Gasteiger partial charge in [-0.1, -0.05) is 12.8 Å². The highest BCUT2D eigenvalue weighted by Crippen LogP contribution is 2.32. The first-order chi connectivity index (χ1) is 7.16. The van der Waals surface area contributed by atoms with Crippen LogP contribution in [0.3, 0.4) is 0 Å². The van der Waals surface area contributed by atoms with Crippen molar-refractivity contribution in [2.75, 3.05) is 18.6 Å². The van der Waals surface area contributed by atoms with E-state index in [2.05, 4.69) is 11.6 Å². The quantitative estimate of drug-likeness (QED) is 0.682. The normalized spacial score (nSPS) is 19.1. The van der Waals surface area contributed by atoms with Crippen LogP contribution in [0.5, 0.6) is 0 Å². The third-order valence-corrected chi connectivity index (χ3v) is 3.57. The average molecular weight is 231 g/mol. The van der Waals surface area contributed by atoms with Crippen molar-refractivity contribution in [2.24, 2.45) is 0 Å². The molecule has 4 heteroatoms. The number of hydrogen-bond acceptors (Lipinski definition) is 3. The highest BCUT2D eigenvalue weighted by molar-refractivity contribution is 7.98. The molecule has 0 aliphatic heterocycles. The van der Waals surface area contributed by atoms with E-state index in [4.69, 9.17) is 0 Å². The SMILES string of the molecule is CSCCCNC(=O)CC1(O)CCCC1. The maximum atomic E-state index is 11.5. The second-order valence-corrected chi connectivity index (χ2v) is 5.29. The molecule has 0 radical (unpaired) electrons. The van der Waals surface area contributed by atoms with Crippen molar-refractivity contribution >= 4 is 17.7 Å². The summed E-state index contributed by atoms with van der Waals surface area (Å²) in [4.78, 5) is 11.5. The molecule has 1 fully saturated rings. The van der Waals surface area contributed by atoms with E-state index in [-0.39, 0.29) is 12.3 Å². The van der Waals surface area contributed by atoms with Gasteiger partial charge in [0.15, 0.2) is 0 Å². The zero-order chi connectivity index (χ0) is 11.1. The molecule has 1 amide bonds. The van der Waals surface area contributed by atoms with Crippen LogP contribution in [-0.2, 0) is 4.79 Å². The van der Waals surface area contributed by atoms with Crippen molar-refractivity contribution in [1.29, 1.82) is 0 Å². The Labute approximate surface area is 96.0 Å². The van der Waals surface area contributed by atoms with Crippen LogP contribution in [0.1, 0.15) is 38.5 Å². The van der Waals surface area contributed by atoms with E-state index in [1.54, 1.807) is 11.8 Å². The molecule has 0 aromatic heterocycles. The molecule has 0 spiro atoms. The molecule has 88 valence electrons. The number of amides is 1. The number of nitrogens with one attached hydrogen (secondary N) is 1. The zero-order valence-electron chi connectivity index (χ0n) is 9.42. The Morgan fingerprint density at radius 3 is 2.73 bits per heavy atom. The molecule has 0 aromatic rings. The van der Waals surface area contributed by atoms with Gasteiger partial charge in [0.05, 0.1) is 12.0 Å². The summed E-state index contributed by atoms with van der Waals surface area (Å²) in [5.74, 6) is 1.07. The van der Waals surface area contributed by atoms with Crippen LogP contribution in [0, 0.1) is 0 Å². The Morgan fingerprint density at radius 1 is 1.47 bits per heavy atom. The number of carbonyl (C=O) groups is 1. The van der Waals surface area contributed by atoms with Gasteiger partial charge in [0, 0.05) is 6.54 Å². The van der Waals surface area contributed by atoms with Crippen molar-refractivity contribution < 1.29 is 9.90 Å². The zero-order valence-corrected chi connectivity index (χ0v) is 10.2. The first-order valence-electron chi connectivity index (χ1n) is 5.64. The minimum atomic E-state index is -0.705. The molecular formula is C11H21NO2S. The largest absolute Gasteiger partial charge is 0.389 e. The van der Waals surface area contributed by atoms with Gasteiger partial charge in [-0.2, -0.15) is 11.8 Å². The Hall–Kier alpha value is -0.220. The topological polar surface area (TPSA) is 49.3 Å². The molecular weight excluding hydrogens is 210 g/mol. The molecule has 1 aliphatic rings. The first-order valence-corrected chi connectivity index (χ1v) is 7.04. The van der Waals surface area contributed by atoms with Gasteiger partial charge in [-0.15, -0.1) is 0 Å². The summed E-state index contributed by atoms with van der Waals surface area (Å²) in [5.41, 5.74) is -0.705. The molecule has 0 heterocycles. The molecule has 0 saturated heterocycles. The summed E-state index contributed by atoms with van der Waals surface area (Å²) in [6, 6.07) is 0. The predicted octanol–water partition coefficient (Wildman–Crippen LogP) is 1.55. The molecule has 0 bridgehead atoms. The van der Waals surface area contributed by atoms with Gasteiger partial charge in [-0.05, 0) is 31.3 Å². The smallest absolute Gasteiger partial charge is 0.222 e. The fourth-order valence-corrected chi connectivity index (χ4v) is 2.45. The van der Waals surface area contributed by atoms with Crippen molar-refractivity contribution in [3.05, 3.63) is 0 Å². The lowest BCUT2D eigenvalue weighted by molar-refractivity contribution is -0.125. The Kier molecular flexibility index (Phi) is 5.47. The number of carbonyl (C=O) groups excluding carboxylic acids is 1. The molecule has 0 atom stereocenters. The standard InChI is InChI=1S/C11H21NO2S/c1-15-8-4-7-12-10(13)9-11(14)5-2-3-6-11/h14H,2-9H2,1H3,(H,12,13). The van der Waals surface area contributed by atoms with Crippen LogP contribution in [-0.4, -0.2) is 35.2 Å². The van der Waals surface area contributed by atoms with Crippen LogP contribution >= 0.6 is 11.8 Å². The van der Waals surface area contributed by atoms with Crippen molar-refractivity contribution in [2.45, 2.75) is 44.1 Å². The van der Waals surface area contributed by atoms with E-state index in [1.807, 2.05) is 0 Å². The second-order valence-electron chi connectivity index (χ2n) is 4.30. The van der Waals surface area contributed by atoms with E-state index in [0.717, 1.165) is 44.4 Å². The highest BCUT2D eigenvalue weighted by Gasteiger charge is 2.33. The maximum Gasteiger partial charge on any atom is 0.222 e. The van der Waals surface area contributed by atoms with Gasteiger partial charge >= 0.3 is 0 Å². The van der Waals surface area contributed by atoms with Gasteiger partial charge in [-0.25, -0.2) is 0 Å². The fraction of sp³-hybridized carbons (Fsp3) is 0.909. The van der Waals surface area contributed by atoms with Crippen LogP contribution in [0.25, 0.3) is 0 Å². The first kappa shape index (κ1) is 12.8. The summed E-state index contributed by atoms with van der Waals surface area (Å²) in [7, 11) is 0. The van der Waals surface area contributed by atoms with Crippen LogP contribution in [0.4, 0.5) is 0 Å². The average Bonchev–Trinajstić information content (AvgIpc) is 2.59. The van der Waals surface area contributed by atoms with Crippen molar-refractivity contribution in [3.63, 3.8) is 0 Å². The van der Waals surface area contributed by atoms with Crippen molar-refractivity contribution in [1.82, 2.24) is 5.32 Å². The fourth-order valence-electron chi connectivity index (χ4n) is 2.02. The monoisotopic (exact) mass is 231 g/mol. The second kappa shape index (κ2) is 6.38. The minimum Gasteiger partial charge on any atom is -0.389 e. The van der Waals surface area contributed by atoms with Crippen LogP contribution in [0.15, 0.2) is 0 Å². The number of hydrogen-bond donors (Lipinski definition) is 2. The molecule has 1 saturated carbocycles. The van der Waals surface area contributed by atoms with Crippen molar-refractivity contribution in [3.8, 4) is 0 Å². The van der Waals surface area contributed by atoms with E-state index in [1.165, 1.54) is 0 Å². The highest BCUT2D eigenvalue weighted by atomic mass is 32.2. The summed E-state index contributed by atoms with van der Waals surface area (Å²) in [5, 5.41) is 12.9. The molecule has 2 N–H and O–H groups in total. The number of aliphatic hydroxyl groups is 1. The van der Waals surface area contributed by atoms with Gasteiger partial charge in [0.2, 0.25) is 5.91 Å². The molecule has 1 aliphatic carbocycles. The molecule has 0 aromatic carbocycles.